The number of anilines is 1. The second-order valence-electron chi connectivity index (χ2n) is 4.53. The van der Waals surface area contributed by atoms with Crippen molar-refractivity contribution in [2.24, 2.45) is 0 Å². The highest BCUT2D eigenvalue weighted by molar-refractivity contribution is 6.42. The summed E-state index contributed by atoms with van der Waals surface area (Å²) in [5, 5.41) is 1.02. The SMILES string of the molecule is Cc1nc2ccc(N)cc2nc1-c1ccc(Cl)c(Cl)c1. The summed E-state index contributed by atoms with van der Waals surface area (Å²) in [6.45, 7) is 1.92. The Kier molecular flexibility index (Phi) is 3.24. The van der Waals surface area contributed by atoms with Crippen molar-refractivity contribution in [3.63, 3.8) is 0 Å². The van der Waals surface area contributed by atoms with Crippen LogP contribution in [0.1, 0.15) is 5.69 Å². The van der Waals surface area contributed by atoms with E-state index in [0.29, 0.717) is 15.7 Å². The second kappa shape index (κ2) is 4.93. The molecule has 3 nitrogen and oxygen atoms in total. The summed E-state index contributed by atoms with van der Waals surface area (Å²) in [5.74, 6) is 0. The van der Waals surface area contributed by atoms with Crippen LogP contribution in [0, 0.1) is 6.92 Å². The minimum atomic E-state index is 0.498. The van der Waals surface area contributed by atoms with Crippen molar-refractivity contribution in [1.29, 1.82) is 0 Å². The fourth-order valence-electron chi connectivity index (χ4n) is 2.08. The summed E-state index contributed by atoms with van der Waals surface area (Å²) in [6.07, 6.45) is 0. The molecule has 100 valence electrons. The van der Waals surface area contributed by atoms with Crippen LogP contribution in [0.3, 0.4) is 0 Å². The Balaban J connectivity index is 2.24. The first-order valence-corrected chi connectivity index (χ1v) is 6.79. The molecular formula is C15H11Cl2N3. The topological polar surface area (TPSA) is 51.8 Å². The first-order valence-electron chi connectivity index (χ1n) is 6.04. The van der Waals surface area contributed by atoms with Crippen molar-refractivity contribution in [3.05, 3.63) is 52.1 Å². The van der Waals surface area contributed by atoms with Gasteiger partial charge in [0, 0.05) is 11.3 Å². The number of nitrogens with zero attached hydrogens (tertiary/aromatic N) is 2. The summed E-state index contributed by atoms with van der Waals surface area (Å²) in [4.78, 5) is 9.18. The molecule has 0 fully saturated rings. The van der Waals surface area contributed by atoms with Gasteiger partial charge in [0.25, 0.3) is 0 Å². The van der Waals surface area contributed by atoms with Crippen molar-refractivity contribution < 1.29 is 0 Å². The van der Waals surface area contributed by atoms with Gasteiger partial charge in [-0.1, -0.05) is 29.3 Å². The summed E-state index contributed by atoms with van der Waals surface area (Å²) in [5.41, 5.74) is 10.5. The van der Waals surface area contributed by atoms with Crippen LogP contribution in [0.2, 0.25) is 10.0 Å². The predicted octanol–water partition coefficient (Wildman–Crippen LogP) is 4.49. The number of benzene rings is 2. The molecule has 5 heteroatoms. The van der Waals surface area contributed by atoms with Crippen LogP contribution in [0.5, 0.6) is 0 Å². The van der Waals surface area contributed by atoms with E-state index < -0.39 is 0 Å². The molecule has 3 aromatic rings. The molecule has 0 saturated carbocycles. The Morgan fingerprint density at radius 3 is 2.45 bits per heavy atom. The van der Waals surface area contributed by atoms with E-state index in [9.17, 15) is 0 Å². The maximum Gasteiger partial charge on any atom is 0.0922 e. The quantitative estimate of drug-likeness (QED) is 0.674. The average molecular weight is 304 g/mol. The summed E-state index contributed by atoms with van der Waals surface area (Å²) in [7, 11) is 0. The van der Waals surface area contributed by atoms with Gasteiger partial charge in [0.2, 0.25) is 0 Å². The van der Waals surface area contributed by atoms with Gasteiger partial charge in [-0.3, -0.25) is 0 Å². The second-order valence-corrected chi connectivity index (χ2v) is 5.35. The van der Waals surface area contributed by atoms with Crippen LogP contribution < -0.4 is 5.73 Å². The Morgan fingerprint density at radius 2 is 1.70 bits per heavy atom. The maximum atomic E-state index is 6.06. The number of fused-ring (bicyclic) bond motifs is 1. The van der Waals surface area contributed by atoms with Crippen molar-refractivity contribution in [3.8, 4) is 11.3 Å². The van der Waals surface area contributed by atoms with Gasteiger partial charge in [-0.2, -0.15) is 0 Å². The molecule has 0 saturated heterocycles. The molecule has 0 spiro atoms. The van der Waals surface area contributed by atoms with Crippen molar-refractivity contribution >= 4 is 39.9 Å². The number of nitrogens with two attached hydrogens (primary N) is 1. The minimum absolute atomic E-state index is 0.498. The fraction of sp³-hybridized carbons (Fsp3) is 0.0667. The van der Waals surface area contributed by atoms with E-state index in [0.717, 1.165) is 28.0 Å². The van der Waals surface area contributed by atoms with Crippen LogP contribution in [-0.2, 0) is 0 Å². The van der Waals surface area contributed by atoms with E-state index in [2.05, 4.69) is 9.97 Å². The van der Waals surface area contributed by atoms with Gasteiger partial charge in [0.05, 0.1) is 32.5 Å². The zero-order chi connectivity index (χ0) is 14.3. The smallest absolute Gasteiger partial charge is 0.0922 e. The lowest BCUT2D eigenvalue weighted by molar-refractivity contribution is 1.19. The van der Waals surface area contributed by atoms with E-state index in [1.165, 1.54) is 0 Å². The number of aryl methyl sites for hydroxylation is 1. The highest BCUT2D eigenvalue weighted by Crippen LogP contribution is 2.29. The maximum absolute atomic E-state index is 6.06. The molecule has 0 unspecified atom stereocenters. The zero-order valence-electron chi connectivity index (χ0n) is 10.7. The van der Waals surface area contributed by atoms with Gasteiger partial charge >= 0.3 is 0 Å². The first kappa shape index (κ1) is 13.2. The van der Waals surface area contributed by atoms with E-state index in [1.54, 1.807) is 12.1 Å². The summed E-state index contributed by atoms with van der Waals surface area (Å²) < 4.78 is 0. The van der Waals surface area contributed by atoms with E-state index in [-0.39, 0.29) is 0 Å². The lowest BCUT2D eigenvalue weighted by atomic mass is 10.1. The van der Waals surface area contributed by atoms with Crippen LogP contribution in [0.4, 0.5) is 5.69 Å². The Hall–Kier alpha value is -1.84. The van der Waals surface area contributed by atoms with Gasteiger partial charge in [-0.25, -0.2) is 9.97 Å². The highest BCUT2D eigenvalue weighted by atomic mass is 35.5. The molecule has 3 rings (SSSR count). The molecule has 0 aliphatic heterocycles. The molecule has 0 aliphatic carbocycles. The number of rotatable bonds is 1. The minimum Gasteiger partial charge on any atom is -0.399 e. The number of nitrogen functional groups attached to an aromatic ring is 1. The number of halogens is 2. The van der Waals surface area contributed by atoms with Crippen molar-refractivity contribution in [2.75, 3.05) is 5.73 Å². The molecule has 1 heterocycles. The third-order valence-corrected chi connectivity index (χ3v) is 3.79. The van der Waals surface area contributed by atoms with Crippen LogP contribution >= 0.6 is 23.2 Å². The van der Waals surface area contributed by atoms with Gasteiger partial charge in [0.1, 0.15) is 0 Å². The first-order chi connectivity index (χ1) is 9.54. The summed E-state index contributed by atoms with van der Waals surface area (Å²) >= 11 is 12.0. The van der Waals surface area contributed by atoms with Gasteiger partial charge in [0.15, 0.2) is 0 Å². The third kappa shape index (κ3) is 2.30. The molecule has 1 aromatic heterocycles. The predicted molar refractivity (Wildman–Crippen MR) is 84.1 cm³/mol. The molecule has 20 heavy (non-hydrogen) atoms. The monoisotopic (exact) mass is 303 g/mol. The lowest BCUT2D eigenvalue weighted by Crippen LogP contribution is -1.95. The molecule has 0 radical (unpaired) electrons. The number of hydrogen-bond acceptors (Lipinski definition) is 3. The molecular weight excluding hydrogens is 293 g/mol. The molecule has 0 amide bonds. The molecule has 0 atom stereocenters. The fourth-order valence-corrected chi connectivity index (χ4v) is 2.37. The largest absolute Gasteiger partial charge is 0.399 e. The van der Waals surface area contributed by atoms with Crippen molar-refractivity contribution in [2.45, 2.75) is 6.92 Å². The standard InChI is InChI=1S/C15H11Cl2N3/c1-8-15(9-2-4-11(16)12(17)6-9)20-14-7-10(18)3-5-13(14)19-8/h2-7H,18H2,1H3. The Labute approximate surface area is 126 Å². The number of aromatic nitrogens is 2. The van der Waals surface area contributed by atoms with Crippen LogP contribution in [0.15, 0.2) is 36.4 Å². The summed E-state index contributed by atoms with van der Waals surface area (Å²) in [6, 6.07) is 10.9. The van der Waals surface area contributed by atoms with E-state index in [4.69, 9.17) is 28.9 Å². The van der Waals surface area contributed by atoms with Gasteiger partial charge in [-0.15, -0.1) is 0 Å². The number of hydrogen-bond donors (Lipinski definition) is 1. The van der Waals surface area contributed by atoms with E-state index >= 15 is 0 Å². The highest BCUT2D eigenvalue weighted by Gasteiger charge is 2.09. The van der Waals surface area contributed by atoms with Crippen LogP contribution in [0.25, 0.3) is 22.3 Å². The molecule has 2 aromatic carbocycles. The average Bonchev–Trinajstić information content (AvgIpc) is 2.42. The van der Waals surface area contributed by atoms with E-state index in [1.807, 2.05) is 31.2 Å². The van der Waals surface area contributed by atoms with Crippen molar-refractivity contribution in [1.82, 2.24) is 9.97 Å². The normalized spacial score (nSPS) is 10.9. The Morgan fingerprint density at radius 1 is 0.900 bits per heavy atom. The van der Waals surface area contributed by atoms with Crippen LogP contribution in [-0.4, -0.2) is 9.97 Å². The molecule has 2 N–H and O–H groups in total. The molecule has 0 aliphatic rings. The zero-order valence-corrected chi connectivity index (χ0v) is 12.2. The van der Waals surface area contributed by atoms with Gasteiger partial charge < -0.3 is 5.73 Å². The lowest BCUT2D eigenvalue weighted by Gasteiger charge is -2.08. The third-order valence-electron chi connectivity index (χ3n) is 3.06. The van der Waals surface area contributed by atoms with Gasteiger partial charge in [-0.05, 0) is 37.3 Å². The molecule has 0 bridgehead atoms. The Bertz CT molecular complexity index is 816.